The minimum absolute atomic E-state index is 0. The van der Waals surface area contributed by atoms with Crippen LogP contribution < -0.4 is 61.6 Å². The van der Waals surface area contributed by atoms with Crippen LogP contribution in [-0.4, -0.2) is 18.7 Å². The molecule has 1 aromatic rings. The van der Waals surface area contributed by atoms with Gasteiger partial charge >= 0.3 is 64.5 Å². The number of rotatable bonds is 4. The first-order valence-corrected chi connectivity index (χ1v) is 4.71. The summed E-state index contributed by atoms with van der Waals surface area (Å²) in [5, 5.41) is 0. The van der Waals surface area contributed by atoms with Gasteiger partial charge in [-0.2, -0.15) is 8.78 Å². The van der Waals surface area contributed by atoms with Gasteiger partial charge in [-0.3, -0.25) is 0 Å². The van der Waals surface area contributed by atoms with Gasteiger partial charge in [0.2, 0.25) is 0 Å². The van der Waals surface area contributed by atoms with Crippen LogP contribution in [0.25, 0.3) is 0 Å². The van der Waals surface area contributed by atoms with Gasteiger partial charge in [0.05, 0.1) is 0 Å². The molecule has 0 N–H and O–H groups in total. The zero-order valence-corrected chi connectivity index (χ0v) is 12.9. The largest absolute Gasteiger partial charge is 1.00 e. The monoisotopic (exact) mass is 316 g/mol. The first-order valence-electron chi connectivity index (χ1n) is 4.28. The topological polar surface area (TPSA) is 9.23 Å². The molecule has 1 aromatic carbocycles. The molecule has 1 atom stereocenters. The molecule has 0 amide bonds. The van der Waals surface area contributed by atoms with Crippen LogP contribution in [0.5, 0.6) is 5.75 Å². The molecule has 1 unspecified atom stereocenters. The maximum atomic E-state index is 12.7. The summed E-state index contributed by atoms with van der Waals surface area (Å²) < 4.78 is 78.1. The Morgan fingerprint density at radius 3 is 2.22 bits per heavy atom. The Kier molecular flexibility index (Phi) is 7.07. The minimum Gasteiger partial charge on any atom is -0.445 e. The molecule has 0 aliphatic carbocycles. The molecule has 0 fully saturated rings. The molecule has 0 aliphatic rings. The summed E-state index contributed by atoms with van der Waals surface area (Å²) in [6.07, 6.45) is -4.39. The maximum Gasteiger partial charge on any atom is 1.00 e. The van der Waals surface area contributed by atoms with Crippen LogP contribution in [0.1, 0.15) is 0 Å². The molecule has 0 aromatic heterocycles. The predicted molar refractivity (Wildman–Crippen MR) is 51.5 cm³/mol. The van der Waals surface area contributed by atoms with Crippen molar-refractivity contribution >= 4 is 24.0 Å². The zero-order valence-electron chi connectivity index (χ0n) is 9.02. The van der Waals surface area contributed by atoms with Gasteiger partial charge in [-0.1, -0.05) is 23.7 Å². The van der Waals surface area contributed by atoms with Crippen molar-refractivity contribution < 1.29 is 82.2 Å². The predicted octanol–water partition coefficient (Wildman–Crippen LogP) is 0.251. The SMILES string of the molecule is FC(Cl)C(F)(F)Oc1cccc([B-](F)(F)F)c1.[K+]. The molecular weight excluding hydrogens is 311 g/mol. The third kappa shape index (κ3) is 5.30. The first-order chi connectivity index (χ1) is 7.63. The smallest absolute Gasteiger partial charge is 0.445 e. The number of benzene rings is 1. The summed E-state index contributed by atoms with van der Waals surface area (Å²) in [6, 6.07) is 2.77. The minimum atomic E-state index is -5.34. The van der Waals surface area contributed by atoms with Crippen molar-refractivity contribution in [2.75, 3.05) is 0 Å². The molecule has 0 saturated heterocycles. The summed E-state index contributed by atoms with van der Waals surface area (Å²) in [6.45, 7) is -5.34. The van der Waals surface area contributed by atoms with Crippen molar-refractivity contribution in [2.45, 2.75) is 11.7 Å². The molecule has 10 heteroatoms. The van der Waals surface area contributed by atoms with Crippen LogP contribution >= 0.6 is 11.6 Å². The quantitative estimate of drug-likeness (QED) is 0.440. The second-order valence-corrected chi connectivity index (χ2v) is 3.49. The third-order valence-electron chi connectivity index (χ3n) is 1.74. The molecule has 0 spiro atoms. The van der Waals surface area contributed by atoms with Crippen LogP contribution in [-0.2, 0) is 0 Å². The Morgan fingerprint density at radius 2 is 1.78 bits per heavy atom. The summed E-state index contributed by atoms with van der Waals surface area (Å²) in [4.78, 5) is 0. The van der Waals surface area contributed by atoms with Crippen LogP contribution in [0.15, 0.2) is 24.3 Å². The van der Waals surface area contributed by atoms with Gasteiger partial charge in [0, 0.05) is 0 Å². The Labute approximate surface area is 146 Å². The van der Waals surface area contributed by atoms with E-state index in [2.05, 4.69) is 16.3 Å². The second-order valence-electron chi connectivity index (χ2n) is 3.11. The zero-order chi connectivity index (χ0) is 13.3. The van der Waals surface area contributed by atoms with E-state index in [1.165, 1.54) is 0 Å². The molecule has 0 bridgehead atoms. The van der Waals surface area contributed by atoms with Gasteiger partial charge in [0.25, 0.3) is 5.63 Å². The molecule has 96 valence electrons. The van der Waals surface area contributed by atoms with Gasteiger partial charge in [-0.15, -0.1) is 5.46 Å². The van der Waals surface area contributed by atoms with Crippen molar-refractivity contribution in [3.8, 4) is 5.75 Å². The standard InChI is InChI=1S/C8H5BClF6O.K/c10-7(11)8(12,13)17-6-3-1-2-5(4-6)9(14,15)16;/h1-4,7H;/q-1;+1. The molecule has 0 radical (unpaired) electrons. The Bertz CT molecular complexity index is 399. The van der Waals surface area contributed by atoms with Gasteiger partial charge in [0.15, 0.2) is 0 Å². The fourth-order valence-electron chi connectivity index (χ4n) is 0.983. The number of hydrogen-bond acceptors (Lipinski definition) is 1. The molecule has 0 saturated carbocycles. The van der Waals surface area contributed by atoms with E-state index in [9.17, 15) is 26.1 Å². The molecule has 0 aliphatic heterocycles. The van der Waals surface area contributed by atoms with E-state index in [4.69, 9.17) is 0 Å². The Balaban J connectivity index is 0.00000289. The Morgan fingerprint density at radius 1 is 1.22 bits per heavy atom. The fourth-order valence-corrected chi connectivity index (χ4v) is 1.03. The average Bonchev–Trinajstić information content (AvgIpc) is 2.15. The molecule has 18 heavy (non-hydrogen) atoms. The van der Waals surface area contributed by atoms with Crippen molar-refractivity contribution in [1.29, 1.82) is 0 Å². The van der Waals surface area contributed by atoms with Crippen LogP contribution in [0.2, 0.25) is 0 Å². The number of ether oxygens (including phenoxy) is 1. The van der Waals surface area contributed by atoms with Gasteiger partial charge in [-0.05, 0) is 12.1 Å². The van der Waals surface area contributed by atoms with E-state index in [1.807, 2.05) is 0 Å². The molecule has 1 rings (SSSR count). The summed E-state index contributed by atoms with van der Waals surface area (Å²) in [5.74, 6) is -0.810. The van der Waals surface area contributed by atoms with Crippen molar-refractivity contribution in [3.63, 3.8) is 0 Å². The van der Waals surface area contributed by atoms with E-state index >= 15 is 0 Å². The van der Waals surface area contributed by atoms with E-state index in [-0.39, 0.29) is 51.4 Å². The van der Waals surface area contributed by atoms with Crippen LogP contribution in [0, 0.1) is 0 Å². The summed E-state index contributed by atoms with van der Waals surface area (Å²) in [5.41, 5.74) is -4.27. The first kappa shape index (κ1) is 18.6. The average molecular weight is 316 g/mol. The van der Waals surface area contributed by atoms with Gasteiger partial charge in [-0.25, -0.2) is 4.39 Å². The van der Waals surface area contributed by atoms with Gasteiger partial charge < -0.3 is 17.7 Å². The number of alkyl halides is 4. The molecule has 0 heterocycles. The normalized spacial score (nSPS) is 13.7. The third-order valence-corrected chi connectivity index (χ3v) is 2.00. The van der Waals surface area contributed by atoms with E-state index in [1.54, 1.807) is 0 Å². The van der Waals surface area contributed by atoms with E-state index in [0.29, 0.717) is 12.1 Å². The summed E-state index contributed by atoms with van der Waals surface area (Å²) >= 11 is 4.49. The summed E-state index contributed by atoms with van der Waals surface area (Å²) in [7, 11) is 0. The van der Waals surface area contributed by atoms with Crippen LogP contribution in [0.4, 0.5) is 26.1 Å². The molecule has 1 nitrogen and oxygen atoms in total. The number of halogens is 7. The fraction of sp³-hybridized carbons (Fsp3) is 0.250. The van der Waals surface area contributed by atoms with Crippen molar-refractivity contribution in [1.82, 2.24) is 0 Å². The van der Waals surface area contributed by atoms with E-state index in [0.717, 1.165) is 12.1 Å². The van der Waals surface area contributed by atoms with Crippen molar-refractivity contribution in [2.24, 2.45) is 0 Å². The van der Waals surface area contributed by atoms with E-state index < -0.39 is 29.9 Å². The Hall–Kier alpha value is 0.591. The van der Waals surface area contributed by atoms with Crippen LogP contribution in [0.3, 0.4) is 0 Å². The van der Waals surface area contributed by atoms with Gasteiger partial charge in [0.1, 0.15) is 5.75 Å². The number of hydrogen-bond donors (Lipinski definition) is 0. The van der Waals surface area contributed by atoms with Crippen molar-refractivity contribution in [3.05, 3.63) is 24.3 Å². The second kappa shape index (κ2) is 6.85. The maximum absolute atomic E-state index is 12.7. The molecular formula is C8H5BClF6KO.